The molecule has 0 aliphatic carbocycles. The molecule has 2 amide bonds. The van der Waals surface area contributed by atoms with Crippen LogP contribution >= 0.6 is 0 Å². The molecule has 1 saturated heterocycles. The van der Waals surface area contributed by atoms with Crippen molar-refractivity contribution in [2.45, 2.75) is 53.5 Å². The summed E-state index contributed by atoms with van der Waals surface area (Å²) in [6, 6.07) is 5.95. The van der Waals surface area contributed by atoms with Crippen molar-refractivity contribution in [1.29, 1.82) is 0 Å². The predicted molar refractivity (Wildman–Crippen MR) is 92.4 cm³/mol. The molecule has 1 aromatic carbocycles. The molecule has 0 unspecified atom stereocenters. The number of rotatable bonds is 2. The van der Waals surface area contributed by atoms with Crippen molar-refractivity contribution in [3.05, 3.63) is 34.9 Å². The normalized spacial score (nSPS) is 16.3. The number of piperidine rings is 1. The van der Waals surface area contributed by atoms with Gasteiger partial charge in [0.15, 0.2) is 0 Å². The number of carbonyl (C=O) groups is 2. The molecule has 0 aromatic heterocycles. The standard InChI is InChI=1S/C19H28N2O2/c1-13-7-6-8-16(14(13)2)17(22)20-15-9-11-21(12-10-15)18(23)19(3,4)5/h6-8,15H,9-12H2,1-5H3,(H,20,22). The number of benzene rings is 1. The SMILES string of the molecule is Cc1cccc(C(=O)NC2CCN(C(=O)C(C)(C)C)CC2)c1C. The lowest BCUT2D eigenvalue weighted by Gasteiger charge is -2.36. The number of nitrogens with one attached hydrogen (secondary N) is 1. The highest BCUT2D eigenvalue weighted by Gasteiger charge is 2.30. The van der Waals surface area contributed by atoms with Gasteiger partial charge in [0.05, 0.1) is 0 Å². The number of hydrogen-bond acceptors (Lipinski definition) is 2. The molecule has 1 aliphatic heterocycles. The van der Waals surface area contributed by atoms with Gasteiger partial charge >= 0.3 is 0 Å². The van der Waals surface area contributed by atoms with Gasteiger partial charge < -0.3 is 10.2 Å². The average molecular weight is 316 g/mol. The molecule has 1 aromatic rings. The highest BCUT2D eigenvalue weighted by Crippen LogP contribution is 2.21. The molecule has 4 nitrogen and oxygen atoms in total. The number of nitrogens with zero attached hydrogens (tertiary/aromatic N) is 1. The molecule has 1 N–H and O–H groups in total. The minimum Gasteiger partial charge on any atom is -0.349 e. The van der Waals surface area contributed by atoms with Crippen LogP contribution in [0.1, 0.15) is 55.1 Å². The molecule has 0 bridgehead atoms. The zero-order valence-corrected chi connectivity index (χ0v) is 14.9. The van der Waals surface area contributed by atoms with Gasteiger partial charge in [0.1, 0.15) is 0 Å². The van der Waals surface area contributed by atoms with Crippen molar-refractivity contribution in [3.63, 3.8) is 0 Å². The fourth-order valence-electron chi connectivity index (χ4n) is 2.96. The maximum absolute atomic E-state index is 12.5. The van der Waals surface area contributed by atoms with Crippen molar-refractivity contribution >= 4 is 11.8 Å². The zero-order valence-electron chi connectivity index (χ0n) is 14.9. The largest absolute Gasteiger partial charge is 0.349 e. The molecular formula is C19H28N2O2. The van der Waals surface area contributed by atoms with Crippen LogP contribution in [0.3, 0.4) is 0 Å². The summed E-state index contributed by atoms with van der Waals surface area (Å²) in [7, 11) is 0. The molecule has 1 heterocycles. The highest BCUT2D eigenvalue weighted by molar-refractivity contribution is 5.96. The van der Waals surface area contributed by atoms with E-state index < -0.39 is 0 Å². The van der Waals surface area contributed by atoms with Crippen LogP contribution in [0.25, 0.3) is 0 Å². The van der Waals surface area contributed by atoms with Crippen molar-refractivity contribution in [1.82, 2.24) is 10.2 Å². The second kappa shape index (κ2) is 6.73. The molecule has 0 radical (unpaired) electrons. The summed E-state index contributed by atoms with van der Waals surface area (Å²) in [5.41, 5.74) is 2.57. The molecule has 23 heavy (non-hydrogen) atoms. The Kier molecular flexibility index (Phi) is 5.12. The Labute approximate surface area is 139 Å². The molecule has 126 valence electrons. The van der Waals surface area contributed by atoms with E-state index in [1.54, 1.807) is 0 Å². The maximum atomic E-state index is 12.5. The maximum Gasteiger partial charge on any atom is 0.251 e. The second-order valence-corrected chi connectivity index (χ2v) is 7.54. The van der Waals surface area contributed by atoms with Crippen LogP contribution < -0.4 is 5.32 Å². The van der Waals surface area contributed by atoms with E-state index in [4.69, 9.17) is 0 Å². The first-order valence-corrected chi connectivity index (χ1v) is 8.36. The van der Waals surface area contributed by atoms with Gasteiger partial charge in [-0.3, -0.25) is 9.59 Å². The van der Waals surface area contributed by atoms with E-state index in [9.17, 15) is 9.59 Å². The summed E-state index contributed by atoms with van der Waals surface area (Å²) in [6.07, 6.45) is 1.64. The van der Waals surface area contributed by atoms with E-state index >= 15 is 0 Å². The third-order valence-corrected chi connectivity index (χ3v) is 4.61. The first-order chi connectivity index (χ1) is 10.7. The molecule has 0 saturated carbocycles. The minimum absolute atomic E-state index is 0.00759. The van der Waals surface area contributed by atoms with Crippen molar-refractivity contribution < 1.29 is 9.59 Å². The van der Waals surface area contributed by atoms with Gasteiger partial charge in [-0.05, 0) is 43.9 Å². The van der Waals surface area contributed by atoms with Gasteiger partial charge in [-0.1, -0.05) is 32.9 Å². The first-order valence-electron chi connectivity index (χ1n) is 8.36. The third-order valence-electron chi connectivity index (χ3n) is 4.61. The number of likely N-dealkylation sites (tertiary alicyclic amines) is 1. The van der Waals surface area contributed by atoms with Crippen LogP contribution in [0.15, 0.2) is 18.2 Å². The quantitative estimate of drug-likeness (QED) is 0.911. The lowest BCUT2D eigenvalue weighted by molar-refractivity contribution is -0.140. The summed E-state index contributed by atoms with van der Waals surface area (Å²) >= 11 is 0. The Morgan fingerprint density at radius 1 is 1.13 bits per heavy atom. The molecule has 4 heteroatoms. The van der Waals surface area contributed by atoms with Crippen molar-refractivity contribution in [2.75, 3.05) is 13.1 Å². The summed E-state index contributed by atoms with van der Waals surface area (Å²) in [4.78, 5) is 26.7. The fourth-order valence-corrected chi connectivity index (χ4v) is 2.96. The highest BCUT2D eigenvalue weighted by atomic mass is 16.2. The fraction of sp³-hybridized carbons (Fsp3) is 0.579. The molecular weight excluding hydrogens is 288 g/mol. The van der Waals surface area contributed by atoms with E-state index in [2.05, 4.69) is 5.32 Å². The molecule has 1 fully saturated rings. The number of carbonyl (C=O) groups excluding carboxylic acids is 2. The van der Waals surface area contributed by atoms with Crippen molar-refractivity contribution in [2.24, 2.45) is 5.41 Å². The van der Waals surface area contributed by atoms with Crippen LogP contribution in [-0.4, -0.2) is 35.8 Å². The third kappa shape index (κ3) is 4.12. The lowest BCUT2D eigenvalue weighted by Crippen LogP contribution is -2.49. The summed E-state index contributed by atoms with van der Waals surface area (Å²) in [5.74, 6) is 0.184. The van der Waals surface area contributed by atoms with Gasteiger partial charge in [-0.2, -0.15) is 0 Å². The van der Waals surface area contributed by atoms with Crippen LogP contribution in [0.5, 0.6) is 0 Å². The van der Waals surface area contributed by atoms with E-state index in [1.807, 2.05) is 57.7 Å². The lowest BCUT2D eigenvalue weighted by atomic mass is 9.93. The van der Waals surface area contributed by atoms with Crippen LogP contribution in [0, 0.1) is 19.3 Å². The van der Waals surface area contributed by atoms with Crippen LogP contribution in [-0.2, 0) is 4.79 Å². The zero-order chi connectivity index (χ0) is 17.2. The minimum atomic E-state index is -0.339. The van der Waals surface area contributed by atoms with E-state index in [0.717, 1.165) is 29.5 Å². The summed E-state index contributed by atoms with van der Waals surface area (Å²) in [5, 5.41) is 3.12. The Hall–Kier alpha value is -1.84. The van der Waals surface area contributed by atoms with Gasteiger partial charge in [0, 0.05) is 30.1 Å². The number of amides is 2. The monoisotopic (exact) mass is 316 g/mol. The smallest absolute Gasteiger partial charge is 0.251 e. The first kappa shape index (κ1) is 17.5. The van der Waals surface area contributed by atoms with E-state index in [1.165, 1.54) is 0 Å². The van der Waals surface area contributed by atoms with E-state index in [0.29, 0.717) is 13.1 Å². The Balaban J connectivity index is 1.93. The second-order valence-electron chi connectivity index (χ2n) is 7.54. The van der Waals surface area contributed by atoms with Gasteiger partial charge in [-0.25, -0.2) is 0 Å². The number of aryl methyl sites for hydroxylation is 1. The Morgan fingerprint density at radius 3 is 2.30 bits per heavy atom. The average Bonchev–Trinajstić information content (AvgIpc) is 2.49. The summed E-state index contributed by atoms with van der Waals surface area (Å²) < 4.78 is 0. The Bertz CT molecular complexity index is 594. The number of hydrogen-bond donors (Lipinski definition) is 1. The molecule has 2 rings (SSSR count). The van der Waals surface area contributed by atoms with Gasteiger partial charge in [-0.15, -0.1) is 0 Å². The predicted octanol–water partition coefficient (Wildman–Crippen LogP) is 3.07. The van der Waals surface area contributed by atoms with Crippen LogP contribution in [0.2, 0.25) is 0 Å². The molecule has 0 atom stereocenters. The van der Waals surface area contributed by atoms with Crippen molar-refractivity contribution in [3.8, 4) is 0 Å². The molecule has 0 spiro atoms. The van der Waals surface area contributed by atoms with Crippen LogP contribution in [0.4, 0.5) is 0 Å². The topological polar surface area (TPSA) is 49.4 Å². The summed E-state index contributed by atoms with van der Waals surface area (Å²) in [6.45, 7) is 11.3. The Morgan fingerprint density at radius 2 is 1.74 bits per heavy atom. The van der Waals surface area contributed by atoms with Gasteiger partial charge in [0.25, 0.3) is 5.91 Å². The van der Waals surface area contributed by atoms with E-state index in [-0.39, 0.29) is 23.3 Å². The molecule has 1 aliphatic rings. The van der Waals surface area contributed by atoms with Gasteiger partial charge in [0.2, 0.25) is 5.91 Å².